The number of aliphatic carboxylic acids is 1. The van der Waals surface area contributed by atoms with Crippen molar-refractivity contribution in [2.75, 3.05) is 33.4 Å². The van der Waals surface area contributed by atoms with Crippen LogP contribution in [-0.4, -0.2) is 66.1 Å². The number of ether oxygens (including phenoxy) is 3. The topological polar surface area (TPSA) is 106 Å². The third-order valence-corrected chi connectivity index (χ3v) is 8.47. The number of imide groups is 1. The zero-order valence-corrected chi connectivity index (χ0v) is 23.3. The largest absolute Gasteiger partial charge is 0.493 e. The van der Waals surface area contributed by atoms with Gasteiger partial charge in [0, 0.05) is 38.4 Å². The normalized spacial score (nSPS) is 21.0. The van der Waals surface area contributed by atoms with E-state index in [2.05, 4.69) is 30.0 Å². The molecule has 2 fully saturated rings. The number of rotatable bonds is 12. The molecule has 0 radical (unpaired) electrons. The third kappa shape index (κ3) is 6.25. The van der Waals surface area contributed by atoms with Crippen molar-refractivity contribution in [1.82, 2.24) is 9.80 Å². The van der Waals surface area contributed by atoms with Crippen LogP contribution in [0.2, 0.25) is 0 Å². The van der Waals surface area contributed by atoms with Crippen LogP contribution in [0.3, 0.4) is 0 Å². The number of benzene rings is 2. The molecule has 0 aromatic heterocycles. The fraction of sp³-hybridized carbons (Fsp3) is 0.516. The van der Waals surface area contributed by atoms with Crippen molar-refractivity contribution in [1.29, 1.82) is 0 Å². The second kappa shape index (κ2) is 12.3. The van der Waals surface area contributed by atoms with Gasteiger partial charge in [-0.05, 0) is 67.0 Å². The van der Waals surface area contributed by atoms with Gasteiger partial charge in [0.05, 0.1) is 26.2 Å². The molecule has 1 saturated carbocycles. The summed E-state index contributed by atoms with van der Waals surface area (Å²) in [5.74, 6) is 1.16. The van der Waals surface area contributed by atoms with Gasteiger partial charge in [0.1, 0.15) is 12.4 Å². The summed E-state index contributed by atoms with van der Waals surface area (Å²) in [4.78, 5) is 39.0. The number of hydrogen-bond acceptors (Lipinski definition) is 7. The Morgan fingerprint density at radius 1 is 1.10 bits per heavy atom. The lowest BCUT2D eigenvalue weighted by Crippen LogP contribution is -2.33. The van der Waals surface area contributed by atoms with E-state index in [4.69, 9.17) is 14.2 Å². The molecule has 2 heterocycles. The molecular formula is C31H38N2O7. The maximum atomic E-state index is 11.9. The fourth-order valence-corrected chi connectivity index (χ4v) is 6.12. The van der Waals surface area contributed by atoms with E-state index >= 15 is 0 Å². The minimum absolute atomic E-state index is 0.118. The summed E-state index contributed by atoms with van der Waals surface area (Å²) < 4.78 is 17.2. The van der Waals surface area contributed by atoms with Crippen LogP contribution in [0.5, 0.6) is 17.2 Å². The van der Waals surface area contributed by atoms with Crippen molar-refractivity contribution in [3.05, 3.63) is 53.1 Å². The SMILES string of the molecule is COc1cc(CN(C[C@H]2CC[C@@H](C(=O)O)C2)[C@@H](C)c2ccc3c(c2)CCO3)ccc1OCCN1C(=O)CCC1=O. The second-order valence-corrected chi connectivity index (χ2v) is 11.1. The van der Waals surface area contributed by atoms with Crippen LogP contribution in [-0.2, 0) is 27.3 Å². The lowest BCUT2D eigenvalue weighted by atomic mass is 9.99. The summed E-state index contributed by atoms with van der Waals surface area (Å²) in [7, 11) is 1.59. The lowest BCUT2D eigenvalue weighted by molar-refractivity contribution is -0.142. The fourth-order valence-electron chi connectivity index (χ4n) is 6.12. The third-order valence-electron chi connectivity index (χ3n) is 8.47. The Kier molecular flexibility index (Phi) is 8.59. The van der Waals surface area contributed by atoms with Crippen molar-refractivity contribution >= 4 is 17.8 Å². The highest BCUT2D eigenvalue weighted by atomic mass is 16.5. The molecule has 3 aliphatic rings. The van der Waals surface area contributed by atoms with Crippen LogP contribution in [0.25, 0.3) is 0 Å². The number of nitrogens with zero attached hydrogens (tertiary/aromatic N) is 2. The molecule has 9 heteroatoms. The Morgan fingerprint density at radius 3 is 2.62 bits per heavy atom. The van der Waals surface area contributed by atoms with Crippen LogP contribution in [0.15, 0.2) is 36.4 Å². The van der Waals surface area contributed by atoms with Gasteiger partial charge in [-0.1, -0.05) is 18.2 Å². The Balaban J connectivity index is 1.30. The molecule has 2 aliphatic heterocycles. The smallest absolute Gasteiger partial charge is 0.306 e. The van der Waals surface area contributed by atoms with Gasteiger partial charge in [0.15, 0.2) is 11.5 Å². The molecule has 214 valence electrons. The first-order chi connectivity index (χ1) is 19.3. The number of carboxylic acids is 1. The summed E-state index contributed by atoms with van der Waals surface area (Å²) in [6.45, 7) is 4.81. The van der Waals surface area contributed by atoms with Gasteiger partial charge < -0.3 is 19.3 Å². The Morgan fingerprint density at radius 2 is 1.90 bits per heavy atom. The Labute approximate surface area is 235 Å². The highest BCUT2D eigenvalue weighted by molar-refractivity contribution is 6.01. The summed E-state index contributed by atoms with van der Waals surface area (Å²) in [5, 5.41) is 9.52. The first kappa shape index (κ1) is 28.0. The highest BCUT2D eigenvalue weighted by Gasteiger charge is 2.32. The molecule has 40 heavy (non-hydrogen) atoms. The Bertz CT molecular complexity index is 1250. The quantitative estimate of drug-likeness (QED) is 0.392. The zero-order valence-electron chi connectivity index (χ0n) is 23.3. The van der Waals surface area contributed by atoms with E-state index in [-0.39, 0.29) is 49.8 Å². The molecule has 1 saturated heterocycles. The predicted octanol–water partition coefficient (Wildman–Crippen LogP) is 4.22. The number of methoxy groups -OCH3 is 1. The average molecular weight is 551 g/mol. The van der Waals surface area contributed by atoms with Gasteiger partial charge in [0.2, 0.25) is 11.8 Å². The van der Waals surface area contributed by atoms with Gasteiger partial charge in [0.25, 0.3) is 0 Å². The van der Waals surface area contributed by atoms with E-state index in [1.165, 1.54) is 16.0 Å². The van der Waals surface area contributed by atoms with Crippen LogP contribution in [0.1, 0.15) is 61.8 Å². The van der Waals surface area contributed by atoms with Gasteiger partial charge in [-0.15, -0.1) is 0 Å². The van der Waals surface area contributed by atoms with Crippen LogP contribution < -0.4 is 14.2 Å². The van der Waals surface area contributed by atoms with Gasteiger partial charge in [-0.2, -0.15) is 0 Å². The molecule has 0 spiro atoms. The minimum atomic E-state index is -0.695. The molecular weight excluding hydrogens is 512 g/mol. The van der Waals surface area contributed by atoms with Crippen LogP contribution in [0.4, 0.5) is 0 Å². The average Bonchev–Trinajstić information content (AvgIpc) is 3.69. The predicted molar refractivity (Wildman–Crippen MR) is 147 cm³/mol. The molecule has 1 N–H and O–H groups in total. The van der Waals surface area contributed by atoms with E-state index in [1.807, 2.05) is 18.2 Å². The summed E-state index contributed by atoms with van der Waals surface area (Å²) in [5.41, 5.74) is 3.50. The van der Waals surface area contributed by atoms with Crippen molar-refractivity contribution in [2.24, 2.45) is 11.8 Å². The zero-order chi connectivity index (χ0) is 28.2. The van der Waals surface area contributed by atoms with Gasteiger partial charge in [-0.25, -0.2) is 0 Å². The first-order valence-electron chi connectivity index (χ1n) is 14.2. The van der Waals surface area contributed by atoms with Crippen LogP contribution in [0, 0.1) is 11.8 Å². The first-order valence-corrected chi connectivity index (χ1v) is 14.2. The minimum Gasteiger partial charge on any atom is -0.493 e. The van der Waals surface area contributed by atoms with Crippen molar-refractivity contribution in [2.45, 2.75) is 58.0 Å². The van der Waals surface area contributed by atoms with Gasteiger partial charge >= 0.3 is 5.97 Å². The lowest BCUT2D eigenvalue weighted by Gasteiger charge is -2.32. The standard InChI is InChI=1S/C31H38N2O7/c1-20(23-6-8-26-24(17-23)11-13-39-26)32(18-21-3-5-25(15-21)31(36)37)19-22-4-7-27(28(16-22)38-2)40-14-12-33-29(34)9-10-30(33)35/h4,6-8,16-17,20-21,25H,3,5,9-15,18-19H2,1-2H3,(H,36,37)/t20-,21-,25+/m0/s1. The van der Waals surface area contributed by atoms with E-state index < -0.39 is 5.97 Å². The highest BCUT2D eigenvalue weighted by Crippen LogP contribution is 2.36. The number of carboxylic acid groups (broad SMARTS) is 1. The summed E-state index contributed by atoms with van der Waals surface area (Å²) in [6, 6.07) is 12.4. The van der Waals surface area contributed by atoms with Gasteiger partial charge in [-0.3, -0.25) is 24.2 Å². The number of hydrogen-bond donors (Lipinski definition) is 1. The van der Waals surface area contributed by atoms with E-state index in [0.29, 0.717) is 37.0 Å². The van der Waals surface area contributed by atoms with Crippen molar-refractivity contribution in [3.8, 4) is 17.2 Å². The van der Waals surface area contributed by atoms with Crippen molar-refractivity contribution in [3.63, 3.8) is 0 Å². The molecule has 2 amide bonds. The molecule has 2 aromatic carbocycles. The molecule has 3 atom stereocenters. The number of carbonyl (C=O) groups is 3. The summed E-state index contributed by atoms with van der Waals surface area (Å²) >= 11 is 0. The van der Waals surface area contributed by atoms with E-state index in [9.17, 15) is 19.5 Å². The summed E-state index contributed by atoms with van der Waals surface area (Å²) in [6.07, 6.45) is 3.79. The Hall–Kier alpha value is -3.59. The second-order valence-electron chi connectivity index (χ2n) is 11.1. The van der Waals surface area contributed by atoms with Crippen LogP contribution >= 0.6 is 0 Å². The molecule has 9 nitrogen and oxygen atoms in total. The number of fused-ring (bicyclic) bond motifs is 1. The molecule has 0 bridgehead atoms. The maximum absolute atomic E-state index is 11.9. The van der Waals surface area contributed by atoms with E-state index in [0.717, 1.165) is 37.1 Å². The number of carbonyl (C=O) groups excluding carboxylic acids is 2. The molecule has 0 unspecified atom stereocenters. The van der Waals surface area contributed by atoms with Crippen molar-refractivity contribution < 1.29 is 33.7 Å². The number of amides is 2. The monoisotopic (exact) mass is 550 g/mol. The molecule has 1 aliphatic carbocycles. The molecule has 5 rings (SSSR count). The molecule has 2 aromatic rings. The van der Waals surface area contributed by atoms with E-state index in [1.54, 1.807) is 7.11 Å². The number of likely N-dealkylation sites (tertiary alicyclic amines) is 1. The maximum Gasteiger partial charge on any atom is 0.306 e.